The fourth-order valence-electron chi connectivity index (χ4n) is 3.79. The lowest BCUT2D eigenvalue weighted by Gasteiger charge is -2.30. The molecule has 1 saturated heterocycles. The molecule has 1 fully saturated rings. The van der Waals surface area contributed by atoms with E-state index in [0.29, 0.717) is 36.8 Å². The van der Waals surface area contributed by atoms with E-state index < -0.39 is 10.0 Å². The van der Waals surface area contributed by atoms with Crippen LogP contribution >= 0.6 is 0 Å². The van der Waals surface area contributed by atoms with Crippen LogP contribution in [0.15, 0.2) is 70.4 Å². The Bertz CT molecular complexity index is 1290. The summed E-state index contributed by atoms with van der Waals surface area (Å²) in [5.41, 5.74) is 1.22. The van der Waals surface area contributed by atoms with Crippen molar-refractivity contribution < 1.29 is 12.8 Å². The smallest absolute Gasteiger partial charge is 0.249 e. The second-order valence-electron chi connectivity index (χ2n) is 7.22. The number of hydrogen-bond donors (Lipinski definition) is 0. The predicted octanol–water partition coefficient (Wildman–Crippen LogP) is 3.25. The maximum absolute atomic E-state index is 13.4. The molecular weight excluding hydrogens is 402 g/mol. The van der Waals surface area contributed by atoms with E-state index >= 15 is 0 Å². The zero-order chi connectivity index (χ0) is 20.6. The number of para-hydroxylation sites is 1. The van der Waals surface area contributed by atoms with Crippen LogP contribution in [0, 0.1) is 0 Å². The summed E-state index contributed by atoms with van der Waals surface area (Å²) in [6.07, 6.45) is 6.44. The average Bonchev–Trinajstić information content (AvgIpc) is 3.30. The fourth-order valence-corrected chi connectivity index (χ4v) is 5.48. The van der Waals surface area contributed by atoms with Crippen molar-refractivity contribution in [2.45, 2.75) is 23.7 Å². The molecule has 1 aliphatic rings. The fraction of sp³-hybridized carbons (Fsp3) is 0.238. The monoisotopic (exact) mass is 421 g/mol. The van der Waals surface area contributed by atoms with Crippen LogP contribution in [0.5, 0.6) is 0 Å². The zero-order valence-electron chi connectivity index (χ0n) is 16.0. The summed E-state index contributed by atoms with van der Waals surface area (Å²) in [7, 11) is -3.70. The molecule has 1 aliphatic heterocycles. The average molecular weight is 421 g/mol. The van der Waals surface area contributed by atoms with E-state index in [1.165, 1.54) is 4.31 Å². The van der Waals surface area contributed by atoms with Crippen molar-refractivity contribution in [2.24, 2.45) is 0 Å². The molecule has 5 rings (SSSR count). The second-order valence-corrected chi connectivity index (χ2v) is 9.13. The Labute approximate surface area is 173 Å². The highest BCUT2D eigenvalue weighted by Gasteiger charge is 2.34. The van der Waals surface area contributed by atoms with Gasteiger partial charge in [0.25, 0.3) is 0 Å². The first kappa shape index (κ1) is 18.8. The molecule has 0 radical (unpaired) electrons. The van der Waals surface area contributed by atoms with Crippen LogP contribution in [0.2, 0.25) is 0 Å². The van der Waals surface area contributed by atoms with Crippen LogP contribution in [0.3, 0.4) is 0 Å². The minimum absolute atomic E-state index is 0.158. The lowest BCUT2D eigenvalue weighted by Crippen LogP contribution is -2.39. The molecule has 30 heavy (non-hydrogen) atoms. The van der Waals surface area contributed by atoms with Crippen LogP contribution in [0.25, 0.3) is 22.4 Å². The minimum atomic E-state index is -3.70. The third-order valence-electron chi connectivity index (χ3n) is 5.30. The van der Waals surface area contributed by atoms with Crippen molar-refractivity contribution in [3.63, 3.8) is 0 Å². The first-order valence-electron chi connectivity index (χ1n) is 9.70. The lowest BCUT2D eigenvalue weighted by atomic mass is 10.00. The molecule has 0 saturated carbocycles. The zero-order valence-corrected chi connectivity index (χ0v) is 16.9. The molecule has 0 amide bonds. The van der Waals surface area contributed by atoms with Crippen LogP contribution in [-0.4, -0.2) is 46.0 Å². The molecule has 1 aromatic carbocycles. The van der Waals surface area contributed by atoms with E-state index in [0.717, 1.165) is 17.4 Å². The van der Waals surface area contributed by atoms with Crippen molar-refractivity contribution in [1.29, 1.82) is 0 Å². The number of rotatable bonds is 4. The van der Waals surface area contributed by atoms with Gasteiger partial charge in [-0.15, -0.1) is 10.2 Å². The van der Waals surface area contributed by atoms with Crippen molar-refractivity contribution >= 4 is 20.9 Å². The Hall–Kier alpha value is -3.17. The Kier molecular flexibility index (Phi) is 4.76. The molecule has 0 bridgehead atoms. The summed E-state index contributed by atoms with van der Waals surface area (Å²) in [6.45, 7) is 0.742. The summed E-state index contributed by atoms with van der Waals surface area (Å²) in [5, 5.41) is 9.09. The molecule has 8 nitrogen and oxygen atoms in total. The van der Waals surface area contributed by atoms with Gasteiger partial charge in [0.1, 0.15) is 4.90 Å². The maximum atomic E-state index is 13.4. The number of hydrogen-bond acceptors (Lipinski definition) is 7. The Balaban J connectivity index is 1.43. The Morgan fingerprint density at radius 2 is 1.90 bits per heavy atom. The van der Waals surface area contributed by atoms with Gasteiger partial charge in [0.15, 0.2) is 0 Å². The topological polar surface area (TPSA) is 102 Å². The van der Waals surface area contributed by atoms with Gasteiger partial charge in [-0.05, 0) is 37.1 Å². The van der Waals surface area contributed by atoms with E-state index in [2.05, 4.69) is 20.2 Å². The van der Waals surface area contributed by atoms with Crippen LogP contribution in [-0.2, 0) is 10.0 Å². The molecular formula is C21H19N5O3S. The number of sulfonamides is 1. The molecule has 0 unspecified atom stereocenters. The highest BCUT2D eigenvalue weighted by atomic mass is 32.2. The van der Waals surface area contributed by atoms with Crippen LogP contribution < -0.4 is 0 Å². The third kappa shape index (κ3) is 3.35. The lowest BCUT2D eigenvalue weighted by molar-refractivity contribution is 0.286. The van der Waals surface area contributed by atoms with Gasteiger partial charge in [0, 0.05) is 37.1 Å². The first-order valence-corrected chi connectivity index (χ1v) is 11.1. The summed E-state index contributed by atoms with van der Waals surface area (Å²) in [4.78, 5) is 8.59. The van der Waals surface area contributed by atoms with Crippen molar-refractivity contribution in [1.82, 2.24) is 24.5 Å². The Morgan fingerprint density at radius 1 is 1.03 bits per heavy atom. The van der Waals surface area contributed by atoms with Gasteiger partial charge < -0.3 is 4.42 Å². The SMILES string of the molecule is O=S(=O)(c1cccc2cccnc12)N1CCC[C@@H](c2nnc(-c3cccnc3)o2)C1. The minimum Gasteiger partial charge on any atom is -0.420 e. The number of pyridine rings is 2. The predicted molar refractivity (Wildman–Crippen MR) is 110 cm³/mol. The summed E-state index contributed by atoms with van der Waals surface area (Å²) in [5.74, 6) is 0.676. The molecule has 152 valence electrons. The maximum Gasteiger partial charge on any atom is 0.249 e. The number of fused-ring (bicyclic) bond motifs is 1. The summed E-state index contributed by atoms with van der Waals surface area (Å²) >= 11 is 0. The van der Waals surface area contributed by atoms with Gasteiger partial charge in [0.2, 0.25) is 21.8 Å². The van der Waals surface area contributed by atoms with Crippen molar-refractivity contribution in [2.75, 3.05) is 13.1 Å². The van der Waals surface area contributed by atoms with E-state index in [9.17, 15) is 8.42 Å². The van der Waals surface area contributed by atoms with Gasteiger partial charge in [-0.2, -0.15) is 4.31 Å². The third-order valence-corrected chi connectivity index (χ3v) is 7.19. The normalized spacial score (nSPS) is 17.9. The molecule has 4 aromatic rings. The molecule has 1 atom stereocenters. The quantitative estimate of drug-likeness (QED) is 0.498. The van der Waals surface area contributed by atoms with Gasteiger partial charge in [0.05, 0.1) is 17.0 Å². The standard InChI is InChI=1S/C21H19N5O3S/c27-30(28,18-9-1-5-15-6-3-11-23-19(15)18)26-12-4-8-17(14-26)21-25-24-20(29-21)16-7-2-10-22-13-16/h1-3,5-7,9-11,13,17H,4,8,12,14H2/t17-/m1/s1. The summed E-state index contributed by atoms with van der Waals surface area (Å²) < 4.78 is 34.2. The highest BCUT2D eigenvalue weighted by Crippen LogP contribution is 2.32. The molecule has 0 aliphatic carbocycles. The van der Waals surface area contributed by atoms with Crippen molar-refractivity contribution in [3.8, 4) is 11.5 Å². The molecule has 4 heterocycles. The highest BCUT2D eigenvalue weighted by molar-refractivity contribution is 7.89. The molecule has 9 heteroatoms. The number of benzene rings is 1. The Morgan fingerprint density at radius 3 is 2.77 bits per heavy atom. The first-order chi connectivity index (χ1) is 14.6. The molecule has 0 N–H and O–H groups in total. The number of piperidine rings is 1. The van der Waals surface area contributed by atoms with E-state index in [1.807, 2.05) is 18.2 Å². The van der Waals surface area contributed by atoms with Crippen LogP contribution in [0.4, 0.5) is 0 Å². The number of aromatic nitrogens is 4. The van der Waals surface area contributed by atoms with Gasteiger partial charge in [-0.3, -0.25) is 9.97 Å². The van der Waals surface area contributed by atoms with E-state index in [4.69, 9.17) is 4.42 Å². The van der Waals surface area contributed by atoms with Crippen LogP contribution in [0.1, 0.15) is 24.7 Å². The summed E-state index contributed by atoms with van der Waals surface area (Å²) in [6, 6.07) is 12.5. The molecule has 0 spiro atoms. The van der Waals surface area contributed by atoms with Gasteiger partial charge in [-0.25, -0.2) is 8.42 Å². The van der Waals surface area contributed by atoms with Gasteiger partial charge in [-0.1, -0.05) is 18.2 Å². The second kappa shape index (κ2) is 7.58. The van der Waals surface area contributed by atoms with Gasteiger partial charge >= 0.3 is 0 Å². The van der Waals surface area contributed by atoms with E-state index in [-0.39, 0.29) is 10.8 Å². The molecule has 3 aromatic heterocycles. The van der Waals surface area contributed by atoms with Crippen molar-refractivity contribution in [3.05, 3.63) is 66.9 Å². The largest absolute Gasteiger partial charge is 0.420 e. The number of nitrogens with zero attached hydrogens (tertiary/aromatic N) is 5. The van der Waals surface area contributed by atoms with E-state index in [1.54, 1.807) is 42.9 Å².